The maximum atomic E-state index is 12.6. The number of carboxylic acid groups (broad SMARTS) is 1. The molecule has 6 nitrogen and oxygen atoms in total. The van der Waals surface area contributed by atoms with Crippen molar-refractivity contribution in [3.8, 4) is 0 Å². The molecule has 1 fully saturated rings. The molecule has 1 amide bonds. The van der Waals surface area contributed by atoms with Crippen molar-refractivity contribution >= 4 is 23.6 Å². The monoisotopic (exact) mass is 311 g/mol. The molecule has 1 unspecified atom stereocenters. The van der Waals surface area contributed by atoms with Gasteiger partial charge in [0.25, 0.3) is 0 Å². The Morgan fingerprint density at radius 1 is 1.43 bits per heavy atom. The molecule has 1 atom stereocenters. The number of nitrogens with zero attached hydrogens (tertiary/aromatic N) is 3. The van der Waals surface area contributed by atoms with Gasteiger partial charge in [-0.2, -0.15) is 0 Å². The number of imidazole rings is 1. The van der Waals surface area contributed by atoms with Crippen molar-refractivity contribution in [2.45, 2.75) is 44.3 Å². The molecule has 0 bridgehead atoms. The summed E-state index contributed by atoms with van der Waals surface area (Å²) in [5.41, 5.74) is 0.961. The van der Waals surface area contributed by atoms with Crippen LogP contribution in [-0.4, -0.2) is 50.3 Å². The van der Waals surface area contributed by atoms with E-state index in [1.54, 1.807) is 6.20 Å². The van der Waals surface area contributed by atoms with Gasteiger partial charge in [-0.3, -0.25) is 9.59 Å². The van der Waals surface area contributed by atoms with Gasteiger partial charge >= 0.3 is 5.97 Å². The predicted octanol–water partition coefficient (Wildman–Crippen LogP) is 1.81. The van der Waals surface area contributed by atoms with Crippen LogP contribution < -0.4 is 0 Å². The molecular formula is C14H21N3O3S. The van der Waals surface area contributed by atoms with Crippen LogP contribution in [0.3, 0.4) is 0 Å². The molecule has 21 heavy (non-hydrogen) atoms. The number of aliphatic carboxylic acids is 1. The fraction of sp³-hybridized carbons (Fsp3) is 0.643. The third kappa shape index (κ3) is 3.58. The summed E-state index contributed by atoms with van der Waals surface area (Å²) in [6.07, 6.45) is 4.61. The first kappa shape index (κ1) is 15.9. The average molecular weight is 311 g/mol. The van der Waals surface area contributed by atoms with E-state index in [4.69, 9.17) is 5.11 Å². The fourth-order valence-electron chi connectivity index (χ4n) is 2.60. The van der Waals surface area contributed by atoms with Crippen LogP contribution in [0, 0.1) is 0 Å². The maximum absolute atomic E-state index is 12.6. The molecule has 7 heteroatoms. The van der Waals surface area contributed by atoms with Gasteiger partial charge < -0.3 is 14.6 Å². The number of aryl methyl sites for hydroxylation is 1. The van der Waals surface area contributed by atoms with Gasteiger partial charge in [-0.05, 0) is 26.2 Å². The van der Waals surface area contributed by atoms with E-state index in [2.05, 4.69) is 4.98 Å². The number of carboxylic acids is 1. The second-order valence-corrected chi connectivity index (χ2v) is 6.09. The number of amides is 1. The summed E-state index contributed by atoms with van der Waals surface area (Å²) < 4.78 is 1.88. The quantitative estimate of drug-likeness (QED) is 0.811. The number of likely N-dealkylation sites (tertiary alicyclic amines) is 1. The van der Waals surface area contributed by atoms with Crippen molar-refractivity contribution in [2.75, 3.05) is 18.8 Å². The lowest BCUT2D eigenvalue weighted by atomic mass is 10.2. The van der Waals surface area contributed by atoms with Crippen LogP contribution in [-0.2, 0) is 16.0 Å². The van der Waals surface area contributed by atoms with Crippen molar-refractivity contribution in [3.05, 3.63) is 11.9 Å². The van der Waals surface area contributed by atoms with Gasteiger partial charge in [-0.15, -0.1) is 0 Å². The summed E-state index contributed by atoms with van der Waals surface area (Å²) in [5.74, 6) is -0.839. The van der Waals surface area contributed by atoms with E-state index in [-0.39, 0.29) is 17.7 Å². The zero-order chi connectivity index (χ0) is 15.4. The molecule has 2 heterocycles. The van der Waals surface area contributed by atoms with Crippen LogP contribution in [0.2, 0.25) is 0 Å². The lowest BCUT2D eigenvalue weighted by molar-refractivity contribution is -0.134. The van der Waals surface area contributed by atoms with Crippen LogP contribution in [0.25, 0.3) is 0 Å². The van der Waals surface area contributed by atoms with Crippen LogP contribution in [0.1, 0.15) is 38.4 Å². The lowest BCUT2D eigenvalue weighted by Crippen LogP contribution is -2.34. The number of thioether (sulfide) groups is 1. The highest BCUT2D eigenvalue weighted by Crippen LogP contribution is 2.25. The lowest BCUT2D eigenvalue weighted by Gasteiger charge is -2.23. The van der Waals surface area contributed by atoms with Crippen molar-refractivity contribution < 1.29 is 14.7 Å². The Hall–Kier alpha value is -1.50. The van der Waals surface area contributed by atoms with E-state index < -0.39 is 5.97 Å². The Morgan fingerprint density at radius 2 is 2.10 bits per heavy atom. The molecule has 0 radical (unpaired) electrons. The zero-order valence-electron chi connectivity index (χ0n) is 12.4. The smallest absolute Gasteiger partial charge is 0.313 e. The van der Waals surface area contributed by atoms with E-state index in [1.165, 1.54) is 0 Å². The van der Waals surface area contributed by atoms with Crippen LogP contribution >= 0.6 is 11.8 Å². The third-order valence-corrected chi connectivity index (χ3v) is 4.64. The van der Waals surface area contributed by atoms with E-state index in [1.807, 2.05) is 23.3 Å². The zero-order valence-corrected chi connectivity index (χ0v) is 13.2. The summed E-state index contributed by atoms with van der Waals surface area (Å²) in [6, 6.07) is -0.336. The molecule has 1 saturated heterocycles. The predicted molar refractivity (Wildman–Crippen MR) is 80.5 cm³/mol. The number of carbonyl (C=O) groups is 2. The number of aromatic nitrogens is 2. The molecule has 116 valence electrons. The largest absolute Gasteiger partial charge is 0.481 e. The van der Waals surface area contributed by atoms with Crippen LogP contribution in [0.4, 0.5) is 0 Å². The highest BCUT2D eigenvalue weighted by molar-refractivity contribution is 7.99. The van der Waals surface area contributed by atoms with Crippen LogP contribution in [0.15, 0.2) is 11.4 Å². The molecule has 1 N–H and O–H groups in total. The van der Waals surface area contributed by atoms with E-state index in [9.17, 15) is 9.59 Å². The van der Waals surface area contributed by atoms with Gasteiger partial charge in [0.05, 0.1) is 5.75 Å². The highest BCUT2D eigenvalue weighted by atomic mass is 32.2. The Balaban J connectivity index is 2.20. The molecular weight excluding hydrogens is 290 g/mol. The number of rotatable bonds is 6. The normalized spacial score (nSPS) is 16.2. The SMILES string of the molecule is CCc1cnc(SCC(=O)O)n1C(C)C(=O)N1CCCC1. The van der Waals surface area contributed by atoms with Crippen molar-refractivity contribution in [1.82, 2.24) is 14.5 Å². The molecule has 0 aromatic carbocycles. The second kappa shape index (κ2) is 6.98. The highest BCUT2D eigenvalue weighted by Gasteiger charge is 2.27. The number of carbonyl (C=O) groups excluding carboxylic acids is 1. The van der Waals surface area contributed by atoms with Gasteiger partial charge in [0, 0.05) is 25.0 Å². The molecule has 0 saturated carbocycles. The minimum Gasteiger partial charge on any atom is -0.481 e. The standard InChI is InChI=1S/C14H21N3O3S/c1-3-11-8-15-14(21-9-12(18)19)17(11)10(2)13(20)16-6-4-5-7-16/h8,10H,3-7,9H2,1-2H3,(H,18,19). The molecule has 1 aliphatic rings. The topological polar surface area (TPSA) is 75.4 Å². The molecule has 1 aromatic rings. The van der Waals surface area contributed by atoms with Crippen molar-refractivity contribution in [2.24, 2.45) is 0 Å². The molecule has 0 aliphatic carbocycles. The molecule has 2 rings (SSSR count). The van der Waals surface area contributed by atoms with Gasteiger partial charge in [0.15, 0.2) is 5.16 Å². The number of hydrogen-bond acceptors (Lipinski definition) is 4. The molecule has 0 spiro atoms. The fourth-order valence-corrected chi connectivity index (χ4v) is 3.39. The van der Waals surface area contributed by atoms with Crippen LogP contribution in [0.5, 0.6) is 0 Å². The minimum atomic E-state index is -0.883. The summed E-state index contributed by atoms with van der Waals surface area (Å²) in [6.45, 7) is 5.51. The van der Waals surface area contributed by atoms with Crippen molar-refractivity contribution in [1.29, 1.82) is 0 Å². The average Bonchev–Trinajstić information content (AvgIpc) is 3.12. The maximum Gasteiger partial charge on any atom is 0.313 e. The number of hydrogen-bond donors (Lipinski definition) is 1. The third-order valence-electron chi connectivity index (χ3n) is 3.69. The Bertz CT molecular complexity index is 524. The summed E-state index contributed by atoms with van der Waals surface area (Å²) in [7, 11) is 0. The van der Waals surface area contributed by atoms with E-state index in [0.717, 1.165) is 49.8 Å². The minimum absolute atomic E-state index is 0.0508. The van der Waals surface area contributed by atoms with Gasteiger partial charge in [-0.1, -0.05) is 18.7 Å². The molecule has 1 aromatic heterocycles. The van der Waals surface area contributed by atoms with Gasteiger partial charge in [0.1, 0.15) is 6.04 Å². The van der Waals surface area contributed by atoms with E-state index in [0.29, 0.717) is 5.16 Å². The Kier molecular flexibility index (Phi) is 5.27. The summed E-state index contributed by atoms with van der Waals surface area (Å²) >= 11 is 1.16. The summed E-state index contributed by atoms with van der Waals surface area (Å²) in [4.78, 5) is 29.5. The van der Waals surface area contributed by atoms with Crippen molar-refractivity contribution in [3.63, 3.8) is 0 Å². The van der Waals surface area contributed by atoms with Gasteiger partial charge in [0.2, 0.25) is 5.91 Å². The summed E-state index contributed by atoms with van der Waals surface area (Å²) in [5, 5.41) is 9.42. The first-order valence-electron chi connectivity index (χ1n) is 7.24. The Labute approximate surface area is 128 Å². The van der Waals surface area contributed by atoms with Gasteiger partial charge in [-0.25, -0.2) is 4.98 Å². The second-order valence-electron chi connectivity index (χ2n) is 5.15. The van der Waals surface area contributed by atoms with E-state index >= 15 is 0 Å². The Morgan fingerprint density at radius 3 is 2.67 bits per heavy atom. The first-order valence-corrected chi connectivity index (χ1v) is 8.22. The molecule has 1 aliphatic heterocycles. The first-order chi connectivity index (χ1) is 10.0.